The fourth-order valence-electron chi connectivity index (χ4n) is 3.21. The number of hydrogen-bond donors (Lipinski definition) is 1. The third kappa shape index (κ3) is 5.34. The molecule has 0 aliphatic rings. The molecule has 9 heteroatoms. The number of pyridine rings is 1. The highest BCUT2D eigenvalue weighted by molar-refractivity contribution is 7.92. The van der Waals surface area contributed by atoms with Crippen molar-refractivity contribution < 1.29 is 26.7 Å². The molecule has 32 heavy (non-hydrogen) atoms. The monoisotopic (exact) mass is 462 g/mol. The van der Waals surface area contributed by atoms with E-state index in [1.807, 2.05) is 6.92 Å². The third-order valence-electron chi connectivity index (χ3n) is 4.83. The van der Waals surface area contributed by atoms with Crippen LogP contribution < -0.4 is 14.2 Å². The Bertz CT molecular complexity index is 1250. The molecule has 0 fully saturated rings. The highest BCUT2D eigenvalue weighted by atomic mass is 32.2. The van der Waals surface area contributed by atoms with Gasteiger partial charge in [0.05, 0.1) is 5.75 Å². The number of rotatable bonds is 8. The first kappa shape index (κ1) is 23.5. The number of sulfonamides is 1. The van der Waals surface area contributed by atoms with Crippen LogP contribution in [0.2, 0.25) is 0 Å². The van der Waals surface area contributed by atoms with Gasteiger partial charge in [-0.15, -0.1) is 0 Å². The fourth-order valence-corrected chi connectivity index (χ4v) is 3.84. The van der Waals surface area contributed by atoms with Crippen molar-refractivity contribution in [3.05, 3.63) is 76.8 Å². The van der Waals surface area contributed by atoms with E-state index >= 15 is 0 Å². The van der Waals surface area contributed by atoms with Crippen LogP contribution in [0.25, 0.3) is 11.1 Å². The van der Waals surface area contributed by atoms with Gasteiger partial charge in [0.25, 0.3) is 0 Å². The van der Waals surface area contributed by atoms with Gasteiger partial charge in [-0.05, 0) is 49.2 Å². The number of nitrogens with one attached hydrogen (secondary N) is 1. The van der Waals surface area contributed by atoms with E-state index in [9.17, 15) is 22.4 Å². The van der Waals surface area contributed by atoms with E-state index in [2.05, 4.69) is 4.72 Å². The SMILES string of the molecule is CCCc1cc(-c2cc(NS(=O)(=O)CC)ccc2Oc2ccc(F)cc2F)cc(C)[n+]1[O-]. The lowest BCUT2D eigenvalue weighted by Crippen LogP contribution is -2.35. The van der Waals surface area contributed by atoms with Gasteiger partial charge in [0.2, 0.25) is 10.0 Å². The number of benzene rings is 2. The first-order chi connectivity index (χ1) is 15.1. The largest absolute Gasteiger partial charge is 0.618 e. The minimum absolute atomic E-state index is 0.108. The topological polar surface area (TPSA) is 82.3 Å². The van der Waals surface area contributed by atoms with E-state index in [0.717, 1.165) is 17.2 Å². The molecule has 0 aliphatic heterocycles. The molecule has 3 rings (SSSR count). The average Bonchev–Trinajstić information content (AvgIpc) is 2.74. The van der Waals surface area contributed by atoms with Crippen molar-refractivity contribution in [2.45, 2.75) is 33.6 Å². The van der Waals surface area contributed by atoms with Crippen molar-refractivity contribution in [1.29, 1.82) is 0 Å². The van der Waals surface area contributed by atoms with Gasteiger partial charge >= 0.3 is 0 Å². The van der Waals surface area contributed by atoms with Gasteiger partial charge in [-0.1, -0.05) is 6.92 Å². The van der Waals surface area contributed by atoms with Crippen molar-refractivity contribution in [3.8, 4) is 22.6 Å². The molecular weight excluding hydrogens is 438 g/mol. The quantitative estimate of drug-likeness (QED) is 0.374. The minimum atomic E-state index is -3.53. The van der Waals surface area contributed by atoms with E-state index in [-0.39, 0.29) is 17.3 Å². The van der Waals surface area contributed by atoms with Crippen LogP contribution in [0, 0.1) is 23.8 Å². The van der Waals surface area contributed by atoms with Crippen molar-refractivity contribution in [3.63, 3.8) is 0 Å². The van der Waals surface area contributed by atoms with E-state index in [4.69, 9.17) is 4.74 Å². The van der Waals surface area contributed by atoms with Crippen LogP contribution >= 0.6 is 0 Å². The molecule has 3 aromatic rings. The number of nitrogens with zero attached hydrogens (tertiary/aromatic N) is 1. The summed E-state index contributed by atoms with van der Waals surface area (Å²) in [4.78, 5) is 0. The van der Waals surface area contributed by atoms with Crippen LogP contribution in [0.3, 0.4) is 0 Å². The first-order valence-corrected chi connectivity index (χ1v) is 11.8. The zero-order chi connectivity index (χ0) is 23.5. The zero-order valence-electron chi connectivity index (χ0n) is 18.0. The molecule has 0 bridgehead atoms. The predicted octanol–water partition coefficient (Wildman–Crippen LogP) is 5.08. The number of aryl methyl sites for hydroxylation is 2. The number of aromatic nitrogens is 1. The molecule has 0 aliphatic carbocycles. The van der Waals surface area contributed by atoms with Crippen molar-refractivity contribution in [2.75, 3.05) is 10.5 Å². The van der Waals surface area contributed by atoms with Crippen molar-refractivity contribution >= 4 is 15.7 Å². The van der Waals surface area contributed by atoms with Gasteiger partial charge in [-0.25, -0.2) is 17.2 Å². The standard InChI is InChI=1S/C23H24F2N2O4S/c1-4-6-19-12-16(11-15(3)27(19)28)20-14-18(26-32(29,30)5-2)8-10-22(20)31-23-9-7-17(24)13-21(23)25/h7-14,26H,4-6H2,1-3H3. The van der Waals surface area contributed by atoms with Crippen LogP contribution in [0.5, 0.6) is 11.5 Å². The molecule has 0 amide bonds. The van der Waals surface area contributed by atoms with Gasteiger partial charge in [-0.3, -0.25) is 4.72 Å². The molecule has 0 saturated carbocycles. The van der Waals surface area contributed by atoms with E-state index in [1.54, 1.807) is 25.1 Å². The normalized spacial score (nSPS) is 11.4. The summed E-state index contributed by atoms with van der Waals surface area (Å²) in [6.45, 7) is 5.14. The van der Waals surface area contributed by atoms with Gasteiger partial charge < -0.3 is 9.94 Å². The Kier molecular flexibility index (Phi) is 6.98. The summed E-state index contributed by atoms with van der Waals surface area (Å²) in [7, 11) is -3.53. The molecule has 1 aromatic heterocycles. The van der Waals surface area contributed by atoms with Gasteiger partial charge in [0.1, 0.15) is 11.6 Å². The van der Waals surface area contributed by atoms with Gasteiger partial charge in [0, 0.05) is 42.8 Å². The van der Waals surface area contributed by atoms with Gasteiger partial charge in [-0.2, -0.15) is 4.73 Å². The molecule has 1 N–H and O–H groups in total. The molecule has 0 spiro atoms. The molecule has 0 unspecified atom stereocenters. The summed E-state index contributed by atoms with van der Waals surface area (Å²) in [6, 6.07) is 10.9. The van der Waals surface area contributed by atoms with E-state index in [0.29, 0.717) is 40.7 Å². The number of ether oxygens (including phenoxy) is 1. The Hall–Kier alpha value is -3.20. The Labute approximate surface area is 186 Å². The maximum absolute atomic E-state index is 14.2. The summed E-state index contributed by atoms with van der Waals surface area (Å²) in [6.07, 6.45) is 1.30. The summed E-state index contributed by atoms with van der Waals surface area (Å²) in [5, 5.41) is 12.4. The van der Waals surface area contributed by atoms with Crippen molar-refractivity contribution in [2.24, 2.45) is 0 Å². The average molecular weight is 463 g/mol. The van der Waals surface area contributed by atoms with Crippen LogP contribution in [0.15, 0.2) is 48.5 Å². The second-order valence-corrected chi connectivity index (χ2v) is 9.33. The molecule has 1 heterocycles. The Balaban J connectivity index is 2.15. The lowest BCUT2D eigenvalue weighted by Gasteiger charge is -2.16. The molecule has 0 saturated heterocycles. The smallest absolute Gasteiger partial charge is 0.232 e. The number of anilines is 1. The number of halogens is 2. The number of hydrogen-bond acceptors (Lipinski definition) is 4. The lowest BCUT2D eigenvalue weighted by atomic mass is 10.0. The zero-order valence-corrected chi connectivity index (χ0v) is 18.8. The van der Waals surface area contributed by atoms with Crippen LogP contribution in [-0.2, 0) is 16.4 Å². The van der Waals surface area contributed by atoms with Crippen molar-refractivity contribution in [1.82, 2.24) is 0 Å². The highest BCUT2D eigenvalue weighted by Gasteiger charge is 2.18. The van der Waals surface area contributed by atoms with Crippen LogP contribution in [0.4, 0.5) is 14.5 Å². The maximum atomic E-state index is 14.2. The summed E-state index contributed by atoms with van der Waals surface area (Å²) in [5.41, 5.74) is 2.34. The molecular formula is C23H24F2N2O4S. The second kappa shape index (κ2) is 9.52. The lowest BCUT2D eigenvalue weighted by molar-refractivity contribution is -0.620. The van der Waals surface area contributed by atoms with Crippen LogP contribution in [0.1, 0.15) is 31.7 Å². The highest BCUT2D eigenvalue weighted by Crippen LogP contribution is 2.37. The minimum Gasteiger partial charge on any atom is -0.618 e. The molecule has 170 valence electrons. The second-order valence-electron chi connectivity index (χ2n) is 7.31. The summed E-state index contributed by atoms with van der Waals surface area (Å²) < 4.78 is 60.6. The van der Waals surface area contributed by atoms with Crippen LogP contribution in [-0.4, -0.2) is 14.2 Å². The summed E-state index contributed by atoms with van der Waals surface area (Å²) >= 11 is 0. The predicted molar refractivity (Wildman–Crippen MR) is 119 cm³/mol. The summed E-state index contributed by atoms with van der Waals surface area (Å²) in [5.74, 6) is -1.68. The Morgan fingerprint density at radius 3 is 2.41 bits per heavy atom. The first-order valence-electron chi connectivity index (χ1n) is 10.1. The molecule has 0 radical (unpaired) electrons. The maximum Gasteiger partial charge on any atom is 0.232 e. The van der Waals surface area contributed by atoms with E-state index in [1.165, 1.54) is 25.1 Å². The molecule has 0 atom stereocenters. The third-order valence-corrected chi connectivity index (χ3v) is 6.14. The molecule has 2 aromatic carbocycles. The fraction of sp³-hybridized carbons (Fsp3) is 0.261. The molecule has 6 nitrogen and oxygen atoms in total. The Morgan fingerprint density at radius 1 is 1.03 bits per heavy atom. The van der Waals surface area contributed by atoms with E-state index < -0.39 is 21.7 Å². The van der Waals surface area contributed by atoms with Gasteiger partial charge in [0.15, 0.2) is 23.0 Å². The Morgan fingerprint density at radius 2 is 1.75 bits per heavy atom.